The molecule has 2 nitrogen and oxygen atoms in total. The van der Waals surface area contributed by atoms with E-state index < -0.39 is 0 Å². The molecule has 0 atom stereocenters. The smallest absolute Gasteiger partial charge is 0.121 e. The summed E-state index contributed by atoms with van der Waals surface area (Å²) >= 11 is 5.99. The molecule has 0 bridgehead atoms. The molecule has 0 aliphatic carbocycles. The summed E-state index contributed by atoms with van der Waals surface area (Å²) in [5.74, 6) is 0.720. The van der Waals surface area contributed by atoms with Crippen LogP contribution in [0.4, 0.5) is 5.69 Å². The van der Waals surface area contributed by atoms with Crippen LogP contribution in [-0.2, 0) is 6.61 Å². The lowest BCUT2D eigenvalue weighted by Crippen LogP contribution is -1.97. The second-order valence-electron chi connectivity index (χ2n) is 4.61. The van der Waals surface area contributed by atoms with Crippen LogP contribution < -0.4 is 10.5 Å². The van der Waals surface area contributed by atoms with E-state index >= 15 is 0 Å². The summed E-state index contributed by atoms with van der Waals surface area (Å²) in [6.45, 7) is 0.502. The molecule has 3 rings (SSSR count). The molecule has 0 heterocycles. The Balaban J connectivity index is 1.85. The number of nitrogens with two attached hydrogens (primary N) is 1. The van der Waals surface area contributed by atoms with Crippen molar-refractivity contribution in [2.75, 3.05) is 5.73 Å². The molecule has 0 fully saturated rings. The van der Waals surface area contributed by atoms with Crippen molar-refractivity contribution >= 4 is 28.1 Å². The third kappa shape index (κ3) is 2.56. The summed E-state index contributed by atoms with van der Waals surface area (Å²) in [6.07, 6.45) is 0. The predicted octanol–water partition coefficient (Wildman–Crippen LogP) is 4.65. The molecular formula is C17H14ClNO. The highest BCUT2D eigenvalue weighted by Crippen LogP contribution is 2.26. The molecule has 0 unspecified atom stereocenters. The molecular weight excluding hydrogens is 270 g/mol. The minimum atomic E-state index is 0.502. The quantitative estimate of drug-likeness (QED) is 0.710. The molecule has 3 heteroatoms. The fourth-order valence-corrected chi connectivity index (χ4v) is 2.35. The number of nitrogen functional groups attached to an aromatic ring is 1. The van der Waals surface area contributed by atoms with Gasteiger partial charge in [-0.3, -0.25) is 0 Å². The van der Waals surface area contributed by atoms with E-state index in [2.05, 4.69) is 24.3 Å². The first-order chi connectivity index (χ1) is 9.74. The van der Waals surface area contributed by atoms with Crippen LogP contribution in [0.1, 0.15) is 5.56 Å². The van der Waals surface area contributed by atoms with Crippen LogP contribution in [0.3, 0.4) is 0 Å². The van der Waals surface area contributed by atoms with E-state index in [1.165, 1.54) is 10.8 Å². The number of hydrogen-bond donors (Lipinski definition) is 1. The normalized spacial score (nSPS) is 10.7. The third-order valence-electron chi connectivity index (χ3n) is 3.25. The number of halogens is 1. The molecule has 100 valence electrons. The molecule has 3 aromatic carbocycles. The van der Waals surface area contributed by atoms with Gasteiger partial charge in [-0.2, -0.15) is 0 Å². The Bertz CT molecular complexity index is 750. The number of fused-ring (bicyclic) bond motifs is 1. The van der Waals surface area contributed by atoms with Crippen LogP contribution in [0.15, 0.2) is 60.7 Å². The molecule has 0 saturated heterocycles. The standard InChI is InChI=1S/C17H14ClNO/c18-16-10-14(8-9-17(16)19)20-11-13-6-3-5-12-4-1-2-7-15(12)13/h1-10H,11,19H2. The number of rotatable bonds is 3. The minimum absolute atomic E-state index is 0.502. The fraction of sp³-hybridized carbons (Fsp3) is 0.0588. The van der Waals surface area contributed by atoms with E-state index in [0.717, 1.165) is 11.3 Å². The zero-order chi connectivity index (χ0) is 13.9. The average molecular weight is 284 g/mol. The van der Waals surface area contributed by atoms with Crippen molar-refractivity contribution in [1.29, 1.82) is 0 Å². The van der Waals surface area contributed by atoms with Crippen molar-refractivity contribution in [3.8, 4) is 5.75 Å². The van der Waals surface area contributed by atoms with Crippen molar-refractivity contribution in [2.24, 2.45) is 0 Å². The van der Waals surface area contributed by atoms with Crippen LogP contribution in [0, 0.1) is 0 Å². The van der Waals surface area contributed by atoms with E-state index in [4.69, 9.17) is 22.1 Å². The van der Waals surface area contributed by atoms with Gasteiger partial charge in [-0.25, -0.2) is 0 Å². The molecule has 0 aromatic heterocycles. The maximum atomic E-state index is 5.99. The van der Waals surface area contributed by atoms with Crippen molar-refractivity contribution in [3.05, 3.63) is 71.2 Å². The maximum absolute atomic E-state index is 5.99. The Kier molecular flexibility index (Phi) is 3.48. The predicted molar refractivity (Wildman–Crippen MR) is 84.1 cm³/mol. The van der Waals surface area contributed by atoms with E-state index in [0.29, 0.717) is 17.3 Å². The minimum Gasteiger partial charge on any atom is -0.489 e. The maximum Gasteiger partial charge on any atom is 0.121 e. The van der Waals surface area contributed by atoms with Gasteiger partial charge in [0.15, 0.2) is 0 Å². The average Bonchev–Trinajstić information content (AvgIpc) is 2.48. The van der Waals surface area contributed by atoms with Crippen molar-refractivity contribution in [1.82, 2.24) is 0 Å². The number of hydrogen-bond acceptors (Lipinski definition) is 2. The van der Waals surface area contributed by atoms with Crippen LogP contribution in [0.25, 0.3) is 10.8 Å². The number of ether oxygens (including phenoxy) is 1. The Labute approximate surface area is 122 Å². The molecule has 0 aliphatic rings. The zero-order valence-corrected chi connectivity index (χ0v) is 11.6. The SMILES string of the molecule is Nc1ccc(OCc2cccc3ccccc23)cc1Cl. The lowest BCUT2D eigenvalue weighted by Gasteiger charge is -2.10. The molecule has 2 N–H and O–H groups in total. The van der Waals surface area contributed by atoms with Gasteiger partial charge in [-0.05, 0) is 28.5 Å². The fourth-order valence-electron chi connectivity index (χ4n) is 2.18. The van der Waals surface area contributed by atoms with E-state index in [1.807, 2.05) is 24.3 Å². The van der Waals surface area contributed by atoms with Gasteiger partial charge in [0, 0.05) is 6.07 Å². The molecule has 0 radical (unpaired) electrons. The highest BCUT2D eigenvalue weighted by molar-refractivity contribution is 6.33. The summed E-state index contributed by atoms with van der Waals surface area (Å²) < 4.78 is 5.80. The third-order valence-corrected chi connectivity index (χ3v) is 3.57. The Hall–Kier alpha value is -2.19. The first-order valence-corrected chi connectivity index (χ1v) is 6.76. The topological polar surface area (TPSA) is 35.2 Å². The van der Waals surface area contributed by atoms with Gasteiger partial charge < -0.3 is 10.5 Å². The van der Waals surface area contributed by atoms with Gasteiger partial charge >= 0.3 is 0 Å². The van der Waals surface area contributed by atoms with Gasteiger partial charge in [0.05, 0.1) is 10.7 Å². The highest BCUT2D eigenvalue weighted by atomic mass is 35.5. The summed E-state index contributed by atoms with van der Waals surface area (Å²) in [7, 11) is 0. The Morgan fingerprint density at radius 2 is 1.75 bits per heavy atom. The Morgan fingerprint density at radius 3 is 2.60 bits per heavy atom. The number of anilines is 1. The Morgan fingerprint density at radius 1 is 0.950 bits per heavy atom. The van der Waals surface area contributed by atoms with E-state index in [9.17, 15) is 0 Å². The highest BCUT2D eigenvalue weighted by Gasteiger charge is 2.03. The molecule has 3 aromatic rings. The van der Waals surface area contributed by atoms with Crippen molar-refractivity contribution < 1.29 is 4.74 Å². The van der Waals surface area contributed by atoms with Gasteiger partial charge in [0.25, 0.3) is 0 Å². The van der Waals surface area contributed by atoms with Crippen LogP contribution >= 0.6 is 11.6 Å². The molecule has 0 aliphatic heterocycles. The van der Waals surface area contributed by atoms with Crippen molar-refractivity contribution in [3.63, 3.8) is 0 Å². The second-order valence-corrected chi connectivity index (χ2v) is 5.02. The molecule has 20 heavy (non-hydrogen) atoms. The summed E-state index contributed by atoms with van der Waals surface area (Å²) in [6, 6.07) is 19.8. The van der Waals surface area contributed by atoms with Crippen LogP contribution in [-0.4, -0.2) is 0 Å². The van der Waals surface area contributed by atoms with E-state index in [-0.39, 0.29) is 0 Å². The molecule has 0 amide bonds. The second kappa shape index (κ2) is 5.43. The molecule has 0 spiro atoms. The lowest BCUT2D eigenvalue weighted by molar-refractivity contribution is 0.308. The lowest BCUT2D eigenvalue weighted by atomic mass is 10.1. The number of benzene rings is 3. The zero-order valence-electron chi connectivity index (χ0n) is 10.8. The first kappa shape index (κ1) is 12.8. The van der Waals surface area contributed by atoms with Gasteiger partial charge in [-0.15, -0.1) is 0 Å². The van der Waals surface area contributed by atoms with Gasteiger partial charge in [0.1, 0.15) is 12.4 Å². The largest absolute Gasteiger partial charge is 0.489 e. The summed E-state index contributed by atoms with van der Waals surface area (Å²) in [5.41, 5.74) is 7.39. The molecule has 0 saturated carbocycles. The first-order valence-electron chi connectivity index (χ1n) is 6.38. The van der Waals surface area contributed by atoms with Gasteiger partial charge in [-0.1, -0.05) is 54.1 Å². The van der Waals surface area contributed by atoms with Crippen LogP contribution in [0.5, 0.6) is 5.75 Å². The van der Waals surface area contributed by atoms with E-state index in [1.54, 1.807) is 12.1 Å². The summed E-state index contributed by atoms with van der Waals surface area (Å²) in [4.78, 5) is 0. The van der Waals surface area contributed by atoms with Gasteiger partial charge in [0.2, 0.25) is 0 Å². The summed E-state index contributed by atoms with van der Waals surface area (Å²) in [5, 5.41) is 2.93. The van der Waals surface area contributed by atoms with Crippen LogP contribution in [0.2, 0.25) is 5.02 Å². The van der Waals surface area contributed by atoms with Crippen molar-refractivity contribution in [2.45, 2.75) is 6.61 Å². The monoisotopic (exact) mass is 283 g/mol.